The maximum absolute atomic E-state index is 12.2. The lowest BCUT2D eigenvalue weighted by molar-refractivity contribution is -0.385. The standard InChI is InChI=1S/C13H11IN2O4S/c14-11-6-2-3-7-12(11)15-21(19,20)9-10-5-1-4-8-13(10)16(17)18/h1-8,15H,9H2. The number of halogens is 1. The van der Waals surface area contributed by atoms with Crippen molar-refractivity contribution >= 4 is 44.0 Å². The molecule has 0 aromatic heterocycles. The van der Waals surface area contributed by atoms with Gasteiger partial charge in [-0.15, -0.1) is 0 Å². The maximum atomic E-state index is 12.2. The molecule has 0 aliphatic heterocycles. The third-order valence-electron chi connectivity index (χ3n) is 2.67. The Morgan fingerprint density at radius 2 is 1.71 bits per heavy atom. The van der Waals surface area contributed by atoms with Gasteiger partial charge in [0.15, 0.2) is 0 Å². The van der Waals surface area contributed by atoms with Crippen LogP contribution in [0.1, 0.15) is 5.56 Å². The van der Waals surface area contributed by atoms with Crippen LogP contribution in [-0.4, -0.2) is 13.3 Å². The zero-order chi connectivity index (χ0) is 15.5. The van der Waals surface area contributed by atoms with Gasteiger partial charge in [-0.1, -0.05) is 30.3 Å². The van der Waals surface area contributed by atoms with Crippen LogP contribution in [0.25, 0.3) is 0 Å². The lowest BCUT2D eigenvalue weighted by atomic mass is 10.2. The molecule has 2 aromatic rings. The zero-order valence-electron chi connectivity index (χ0n) is 10.7. The van der Waals surface area contributed by atoms with Gasteiger partial charge in [0.05, 0.1) is 10.6 Å². The molecule has 0 heterocycles. The van der Waals surface area contributed by atoms with Gasteiger partial charge in [0.2, 0.25) is 10.0 Å². The van der Waals surface area contributed by atoms with Crippen LogP contribution in [0.3, 0.4) is 0 Å². The number of nitro benzene ring substituents is 1. The summed E-state index contributed by atoms with van der Waals surface area (Å²) in [5, 5.41) is 10.9. The molecule has 0 aliphatic rings. The number of hydrogen-bond donors (Lipinski definition) is 1. The number of hydrogen-bond acceptors (Lipinski definition) is 4. The van der Waals surface area contributed by atoms with E-state index < -0.39 is 20.7 Å². The van der Waals surface area contributed by atoms with E-state index in [1.807, 2.05) is 22.6 Å². The Bertz CT molecular complexity index is 777. The van der Waals surface area contributed by atoms with Gasteiger partial charge in [-0.05, 0) is 34.7 Å². The Kier molecular flexibility index (Phi) is 4.78. The predicted molar refractivity (Wildman–Crippen MR) is 88.5 cm³/mol. The molecule has 8 heteroatoms. The number of rotatable bonds is 5. The van der Waals surface area contributed by atoms with Gasteiger partial charge < -0.3 is 0 Å². The van der Waals surface area contributed by atoms with Crippen molar-refractivity contribution in [3.8, 4) is 0 Å². The van der Waals surface area contributed by atoms with Gasteiger partial charge in [-0.3, -0.25) is 14.8 Å². The highest BCUT2D eigenvalue weighted by atomic mass is 127. The summed E-state index contributed by atoms with van der Waals surface area (Å²) < 4.78 is 27.5. The van der Waals surface area contributed by atoms with Gasteiger partial charge in [0.1, 0.15) is 5.75 Å². The Hall–Kier alpha value is -1.68. The first-order valence-corrected chi connectivity index (χ1v) is 8.59. The van der Waals surface area contributed by atoms with E-state index >= 15 is 0 Å². The Morgan fingerprint density at radius 3 is 2.38 bits per heavy atom. The van der Waals surface area contributed by atoms with Crippen molar-refractivity contribution in [1.82, 2.24) is 0 Å². The molecule has 0 saturated carbocycles. The van der Waals surface area contributed by atoms with Crippen LogP contribution < -0.4 is 4.72 Å². The van der Waals surface area contributed by atoms with Crippen molar-refractivity contribution in [2.24, 2.45) is 0 Å². The Morgan fingerprint density at radius 1 is 1.10 bits per heavy atom. The number of sulfonamides is 1. The highest BCUT2D eigenvalue weighted by molar-refractivity contribution is 14.1. The summed E-state index contributed by atoms with van der Waals surface area (Å²) in [4.78, 5) is 10.3. The fraction of sp³-hybridized carbons (Fsp3) is 0.0769. The number of nitrogens with one attached hydrogen (secondary N) is 1. The van der Waals surface area contributed by atoms with Crippen molar-refractivity contribution in [3.63, 3.8) is 0 Å². The first-order valence-electron chi connectivity index (χ1n) is 5.86. The normalized spacial score (nSPS) is 11.1. The van der Waals surface area contributed by atoms with Gasteiger partial charge in [0, 0.05) is 15.2 Å². The van der Waals surface area contributed by atoms with E-state index in [2.05, 4.69) is 4.72 Å². The largest absolute Gasteiger partial charge is 0.282 e. The first-order chi connectivity index (χ1) is 9.89. The molecule has 0 unspecified atom stereocenters. The summed E-state index contributed by atoms with van der Waals surface area (Å²) in [7, 11) is -3.73. The fourth-order valence-electron chi connectivity index (χ4n) is 1.76. The molecule has 0 fully saturated rings. The predicted octanol–water partition coefficient (Wildman–Crippen LogP) is 3.14. The number of nitro groups is 1. The quantitative estimate of drug-likeness (QED) is 0.459. The van der Waals surface area contributed by atoms with Crippen LogP contribution in [0, 0.1) is 13.7 Å². The molecule has 110 valence electrons. The second-order valence-corrected chi connectivity index (χ2v) is 7.11. The van der Waals surface area contributed by atoms with Crippen molar-refractivity contribution in [3.05, 3.63) is 67.8 Å². The second-order valence-electron chi connectivity index (χ2n) is 4.23. The number of nitrogens with zero attached hydrogens (tertiary/aromatic N) is 1. The molecular weight excluding hydrogens is 407 g/mol. The van der Waals surface area contributed by atoms with E-state index in [1.54, 1.807) is 30.3 Å². The summed E-state index contributed by atoms with van der Waals surface area (Å²) in [6, 6.07) is 12.7. The third kappa shape index (κ3) is 4.14. The highest BCUT2D eigenvalue weighted by Crippen LogP contribution is 2.23. The summed E-state index contributed by atoms with van der Waals surface area (Å²) in [6.45, 7) is 0. The molecule has 0 aliphatic carbocycles. The zero-order valence-corrected chi connectivity index (χ0v) is 13.7. The van der Waals surface area contributed by atoms with Crippen LogP contribution in [0.15, 0.2) is 48.5 Å². The molecular formula is C13H11IN2O4S. The minimum absolute atomic E-state index is 0.154. The van der Waals surface area contributed by atoms with E-state index in [9.17, 15) is 18.5 Å². The van der Waals surface area contributed by atoms with E-state index in [4.69, 9.17) is 0 Å². The van der Waals surface area contributed by atoms with Crippen LogP contribution in [0.4, 0.5) is 11.4 Å². The van der Waals surface area contributed by atoms with Gasteiger partial charge in [-0.2, -0.15) is 0 Å². The number of para-hydroxylation sites is 2. The summed E-state index contributed by atoms with van der Waals surface area (Å²) >= 11 is 2.01. The fourth-order valence-corrected chi connectivity index (χ4v) is 3.71. The minimum Gasteiger partial charge on any atom is -0.282 e. The van der Waals surface area contributed by atoms with Crippen molar-refractivity contribution in [1.29, 1.82) is 0 Å². The van der Waals surface area contributed by atoms with E-state index in [1.165, 1.54) is 18.2 Å². The SMILES string of the molecule is O=[N+]([O-])c1ccccc1CS(=O)(=O)Nc1ccccc1I. The maximum Gasteiger partial charge on any atom is 0.273 e. The average Bonchev–Trinajstić information content (AvgIpc) is 2.41. The molecule has 2 rings (SSSR count). The summed E-state index contributed by atoms with van der Waals surface area (Å²) in [6.07, 6.45) is 0. The Balaban J connectivity index is 2.27. The minimum atomic E-state index is -3.73. The molecule has 0 spiro atoms. The molecule has 1 N–H and O–H groups in total. The summed E-state index contributed by atoms with van der Waals surface area (Å²) in [5.41, 5.74) is 0.406. The second kappa shape index (κ2) is 6.39. The highest BCUT2D eigenvalue weighted by Gasteiger charge is 2.20. The molecule has 0 bridgehead atoms. The van der Waals surface area contributed by atoms with Crippen LogP contribution in [-0.2, 0) is 15.8 Å². The number of benzene rings is 2. The molecule has 6 nitrogen and oxygen atoms in total. The van der Waals surface area contributed by atoms with Crippen molar-refractivity contribution in [2.75, 3.05) is 4.72 Å². The smallest absolute Gasteiger partial charge is 0.273 e. The summed E-state index contributed by atoms with van der Waals surface area (Å²) in [5.74, 6) is -0.449. The molecule has 0 radical (unpaired) electrons. The van der Waals surface area contributed by atoms with E-state index in [0.717, 1.165) is 3.57 Å². The van der Waals surface area contributed by atoms with Gasteiger partial charge >= 0.3 is 0 Å². The lowest BCUT2D eigenvalue weighted by Gasteiger charge is -2.09. The number of anilines is 1. The third-order valence-corrected chi connectivity index (χ3v) is 4.84. The van der Waals surface area contributed by atoms with Crippen molar-refractivity contribution in [2.45, 2.75) is 5.75 Å². The molecule has 0 atom stereocenters. The topological polar surface area (TPSA) is 89.3 Å². The van der Waals surface area contributed by atoms with Gasteiger partial charge in [-0.25, -0.2) is 8.42 Å². The lowest BCUT2D eigenvalue weighted by Crippen LogP contribution is -2.16. The van der Waals surface area contributed by atoms with Crippen LogP contribution >= 0.6 is 22.6 Å². The molecule has 2 aromatic carbocycles. The monoisotopic (exact) mass is 418 g/mol. The van der Waals surface area contributed by atoms with Crippen LogP contribution in [0.2, 0.25) is 0 Å². The average molecular weight is 418 g/mol. The van der Waals surface area contributed by atoms with Crippen molar-refractivity contribution < 1.29 is 13.3 Å². The molecule has 0 saturated heterocycles. The van der Waals surface area contributed by atoms with E-state index in [-0.39, 0.29) is 11.3 Å². The molecule has 0 amide bonds. The van der Waals surface area contributed by atoms with E-state index in [0.29, 0.717) is 5.69 Å². The van der Waals surface area contributed by atoms with Gasteiger partial charge in [0.25, 0.3) is 5.69 Å². The van der Waals surface area contributed by atoms with Crippen LogP contribution in [0.5, 0.6) is 0 Å². The Labute approximate surface area is 135 Å². The first kappa shape index (κ1) is 15.7. The molecule has 21 heavy (non-hydrogen) atoms.